The smallest absolute Gasteiger partial charge is 0.179 e. The second-order valence-electron chi connectivity index (χ2n) is 7.11. The Balaban J connectivity index is 2.16. The lowest BCUT2D eigenvalue weighted by Crippen LogP contribution is -2.37. The first-order valence-corrected chi connectivity index (χ1v) is 9.17. The Morgan fingerprint density at radius 3 is 2.60 bits per heavy atom. The van der Waals surface area contributed by atoms with Gasteiger partial charge in [0.25, 0.3) is 0 Å². The van der Waals surface area contributed by atoms with Crippen LogP contribution in [0.15, 0.2) is 52.2 Å². The molecule has 0 spiro atoms. The topological polar surface area (TPSA) is 76.7 Å². The van der Waals surface area contributed by atoms with Crippen molar-refractivity contribution >= 4 is 17.5 Å². The van der Waals surface area contributed by atoms with E-state index in [0.717, 1.165) is 17.6 Å². The van der Waals surface area contributed by atoms with Crippen LogP contribution in [0.5, 0.6) is 0 Å². The molecule has 3 rings (SSSR count). The lowest BCUT2D eigenvalue weighted by atomic mass is 9.68. The number of ketones is 1. The van der Waals surface area contributed by atoms with Gasteiger partial charge in [0.1, 0.15) is 0 Å². The van der Waals surface area contributed by atoms with Crippen LogP contribution in [0.3, 0.4) is 0 Å². The maximum atomic E-state index is 12.7. The molecule has 0 aromatic heterocycles. The summed E-state index contributed by atoms with van der Waals surface area (Å²) in [5, 5.41) is 22.5. The maximum Gasteiger partial charge on any atom is 0.179 e. The highest BCUT2D eigenvalue weighted by molar-refractivity contribution is 8.03. The van der Waals surface area contributed by atoms with Gasteiger partial charge in [0.2, 0.25) is 0 Å². The van der Waals surface area contributed by atoms with Gasteiger partial charge in [-0.15, -0.1) is 0 Å². The first-order valence-electron chi connectivity index (χ1n) is 8.19. The van der Waals surface area contributed by atoms with Gasteiger partial charge in [-0.1, -0.05) is 55.9 Å². The highest BCUT2D eigenvalue weighted by atomic mass is 32.2. The van der Waals surface area contributed by atoms with Crippen LogP contribution in [-0.2, 0) is 4.79 Å². The molecule has 2 aliphatic rings. The van der Waals surface area contributed by atoms with Gasteiger partial charge in [0.15, 0.2) is 5.78 Å². The molecule has 1 aromatic carbocycles. The molecule has 1 N–H and O–H groups in total. The van der Waals surface area contributed by atoms with Gasteiger partial charge in [-0.2, -0.15) is 10.5 Å². The van der Waals surface area contributed by atoms with E-state index in [1.165, 1.54) is 11.8 Å². The highest BCUT2D eigenvalue weighted by Gasteiger charge is 2.41. The Labute approximate surface area is 152 Å². The number of nitrogens with one attached hydrogen (secondary N) is 1. The molecular formula is C20H19N3OS. The van der Waals surface area contributed by atoms with Crippen molar-refractivity contribution in [2.75, 3.05) is 5.75 Å². The van der Waals surface area contributed by atoms with Crippen LogP contribution in [0.4, 0.5) is 0 Å². The van der Waals surface area contributed by atoms with Crippen LogP contribution in [0.1, 0.15) is 38.2 Å². The Hall–Kier alpha value is -2.50. The molecule has 0 saturated carbocycles. The average Bonchev–Trinajstić information content (AvgIpc) is 2.59. The summed E-state index contributed by atoms with van der Waals surface area (Å²) in [6.07, 6.45) is 1.25. The summed E-state index contributed by atoms with van der Waals surface area (Å²) in [6, 6.07) is 14.2. The van der Waals surface area contributed by atoms with E-state index in [0.29, 0.717) is 22.7 Å². The zero-order chi connectivity index (χ0) is 18.0. The number of allylic oxidation sites excluding steroid dienone is 3. The van der Waals surface area contributed by atoms with Crippen molar-refractivity contribution in [2.45, 2.75) is 32.6 Å². The van der Waals surface area contributed by atoms with Gasteiger partial charge in [-0.25, -0.2) is 0 Å². The predicted molar refractivity (Wildman–Crippen MR) is 98.1 cm³/mol. The minimum absolute atomic E-state index is 0.0826. The number of carbonyl (C=O) groups is 1. The molecule has 0 fully saturated rings. The van der Waals surface area contributed by atoms with Crippen LogP contribution >= 0.6 is 11.8 Å². The second-order valence-corrected chi connectivity index (χ2v) is 8.10. The number of rotatable bonds is 3. The summed E-state index contributed by atoms with van der Waals surface area (Å²) in [6.45, 7) is 4.18. The monoisotopic (exact) mass is 349 g/mol. The zero-order valence-corrected chi connectivity index (χ0v) is 15.1. The summed E-state index contributed by atoms with van der Waals surface area (Å²) in [4.78, 5) is 12.7. The van der Waals surface area contributed by atoms with Gasteiger partial charge in [-0.3, -0.25) is 4.79 Å². The molecule has 1 heterocycles. The molecule has 0 saturated heterocycles. The molecule has 0 radical (unpaired) electrons. The van der Waals surface area contributed by atoms with Gasteiger partial charge >= 0.3 is 0 Å². The Bertz CT molecular complexity index is 853. The van der Waals surface area contributed by atoms with Crippen molar-refractivity contribution in [3.8, 4) is 12.1 Å². The van der Waals surface area contributed by atoms with E-state index >= 15 is 0 Å². The molecule has 4 nitrogen and oxygen atoms in total. The number of hydrogen-bond donors (Lipinski definition) is 1. The number of hydrogen-bond acceptors (Lipinski definition) is 5. The van der Waals surface area contributed by atoms with E-state index in [2.05, 4.69) is 31.3 Å². The molecule has 1 aliphatic heterocycles. The lowest BCUT2D eigenvalue weighted by molar-refractivity contribution is -0.118. The quantitative estimate of drug-likeness (QED) is 0.892. The highest BCUT2D eigenvalue weighted by Crippen LogP contribution is 2.48. The van der Waals surface area contributed by atoms with Gasteiger partial charge in [0.05, 0.1) is 34.2 Å². The fourth-order valence-electron chi connectivity index (χ4n) is 3.60. The number of dihydropyridines is 1. The van der Waals surface area contributed by atoms with E-state index in [1.54, 1.807) is 0 Å². The number of nitriles is 2. The van der Waals surface area contributed by atoms with Crippen LogP contribution < -0.4 is 5.32 Å². The predicted octanol–water partition coefficient (Wildman–Crippen LogP) is 4.01. The molecular weight excluding hydrogens is 330 g/mol. The third-order valence-electron chi connectivity index (χ3n) is 4.56. The number of nitrogens with zero attached hydrogens (tertiary/aromatic N) is 2. The van der Waals surface area contributed by atoms with Crippen molar-refractivity contribution in [2.24, 2.45) is 5.41 Å². The third kappa shape index (κ3) is 3.34. The third-order valence-corrected chi connectivity index (χ3v) is 5.45. The molecule has 1 aromatic rings. The Morgan fingerprint density at radius 1 is 1.24 bits per heavy atom. The summed E-state index contributed by atoms with van der Waals surface area (Å²) >= 11 is 1.28. The Morgan fingerprint density at radius 2 is 1.96 bits per heavy atom. The minimum atomic E-state index is -0.229. The van der Waals surface area contributed by atoms with E-state index in [9.17, 15) is 10.1 Å². The second kappa shape index (κ2) is 6.78. The number of Topliss-reactive ketones (excluding diaryl/α,β-unsaturated/α-hetero) is 1. The molecule has 1 unspecified atom stereocenters. The van der Waals surface area contributed by atoms with Crippen LogP contribution in [-0.4, -0.2) is 11.5 Å². The molecule has 5 heteroatoms. The Kier molecular flexibility index (Phi) is 4.70. The van der Waals surface area contributed by atoms with Crippen molar-refractivity contribution < 1.29 is 4.79 Å². The van der Waals surface area contributed by atoms with Crippen molar-refractivity contribution in [3.05, 3.63) is 57.8 Å². The number of thioether (sulfide) groups is 1. The molecule has 25 heavy (non-hydrogen) atoms. The van der Waals surface area contributed by atoms with Crippen molar-refractivity contribution in [1.82, 2.24) is 5.32 Å². The van der Waals surface area contributed by atoms with E-state index in [4.69, 9.17) is 5.26 Å². The molecule has 126 valence electrons. The molecule has 1 atom stereocenters. The summed E-state index contributed by atoms with van der Waals surface area (Å²) in [5.41, 5.74) is 3.09. The van der Waals surface area contributed by atoms with Crippen LogP contribution in [0.25, 0.3) is 0 Å². The van der Waals surface area contributed by atoms with Gasteiger partial charge in [0, 0.05) is 12.3 Å². The lowest BCUT2D eigenvalue weighted by Gasteiger charge is -2.39. The van der Waals surface area contributed by atoms with Crippen molar-refractivity contribution in [1.29, 1.82) is 10.5 Å². The van der Waals surface area contributed by atoms with Crippen LogP contribution in [0, 0.1) is 28.1 Å². The standard InChI is InChI=1S/C20H19N3OS/c1-20(2)10-14-17(13-6-4-3-5-7-13)15(12-22)19(25-9-8-21)23-18(14)16(24)11-20/h3-7,17,23H,9-11H2,1-2H3. The number of benzene rings is 1. The maximum absolute atomic E-state index is 12.7. The minimum Gasteiger partial charge on any atom is -0.346 e. The van der Waals surface area contributed by atoms with Gasteiger partial charge < -0.3 is 5.32 Å². The summed E-state index contributed by atoms with van der Waals surface area (Å²) < 4.78 is 0. The van der Waals surface area contributed by atoms with E-state index in [1.807, 2.05) is 30.3 Å². The zero-order valence-electron chi connectivity index (χ0n) is 14.3. The van der Waals surface area contributed by atoms with Crippen molar-refractivity contribution in [3.63, 3.8) is 0 Å². The summed E-state index contributed by atoms with van der Waals surface area (Å²) in [7, 11) is 0. The largest absolute Gasteiger partial charge is 0.346 e. The first-order chi connectivity index (χ1) is 12.0. The van der Waals surface area contributed by atoms with E-state index < -0.39 is 0 Å². The molecule has 0 bridgehead atoms. The van der Waals surface area contributed by atoms with Crippen LogP contribution in [0.2, 0.25) is 0 Å². The SMILES string of the molecule is CC1(C)CC(=O)C2=C(C1)C(c1ccccc1)C(C#N)=C(SCC#N)N2. The fraction of sp³-hybridized carbons (Fsp3) is 0.350. The summed E-state index contributed by atoms with van der Waals surface area (Å²) in [5.74, 6) is 0.0866. The molecule has 0 amide bonds. The van der Waals surface area contributed by atoms with Gasteiger partial charge in [-0.05, 0) is 23.0 Å². The average molecular weight is 349 g/mol. The normalized spacial score (nSPS) is 21.9. The first kappa shape index (κ1) is 17.3. The van der Waals surface area contributed by atoms with E-state index in [-0.39, 0.29) is 22.9 Å². The number of carbonyl (C=O) groups excluding carboxylic acids is 1. The molecule has 1 aliphatic carbocycles. The fourth-order valence-corrected chi connectivity index (χ4v) is 4.30.